The number of urea groups is 1. The standard InChI is InChI=1S/C15H14N4O4S/c16-12(20)10-8-4-2-6-1-3-7(18-15(22)23)5-9(6)11(8)24-13(10)19-14(17)21/h1,3,5,18H,2,4H2,(H2,16,20)(H,22,23)(H3,17,19,21). The van der Waals surface area contributed by atoms with Crippen LogP contribution in [0.25, 0.3) is 10.4 Å². The van der Waals surface area contributed by atoms with E-state index in [-0.39, 0.29) is 5.56 Å². The molecule has 1 aromatic carbocycles. The monoisotopic (exact) mass is 346 g/mol. The van der Waals surface area contributed by atoms with Crippen molar-refractivity contribution in [1.29, 1.82) is 0 Å². The third-order valence-electron chi connectivity index (χ3n) is 3.74. The number of anilines is 2. The molecule has 1 aliphatic carbocycles. The first-order valence-electron chi connectivity index (χ1n) is 7.02. The maximum Gasteiger partial charge on any atom is 0.409 e. The topological polar surface area (TPSA) is 148 Å². The Morgan fingerprint density at radius 3 is 2.50 bits per heavy atom. The summed E-state index contributed by atoms with van der Waals surface area (Å²) in [5, 5.41) is 13.9. The molecular formula is C15H14N4O4S. The molecule has 124 valence electrons. The van der Waals surface area contributed by atoms with Crippen LogP contribution in [0.1, 0.15) is 21.5 Å². The minimum Gasteiger partial charge on any atom is -0.465 e. The van der Waals surface area contributed by atoms with Crippen LogP contribution in [0.2, 0.25) is 0 Å². The second-order valence-electron chi connectivity index (χ2n) is 5.27. The van der Waals surface area contributed by atoms with Gasteiger partial charge in [0.1, 0.15) is 5.00 Å². The van der Waals surface area contributed by atoms with Gasteiger partial charge in [0.2, 0.25) is 0 Å². The average molecular weight is 346 g/mol. The quantitative estimate of drug-likeness (QED) is 0.579. The van der Waals surface area contributed by atoms with Gasteiger partial charge in [-0.2, -0.15) is 0 Å². The molecule has 0 spiro atoms. The van der Waals surface area contributed by atoms with Crippen molar-refractivity contribution in [2.75, 3.05) is 10.6 Å². The Balaban J connectivity index is 2.15. The summed E-state index contributed by atoms with van der Waals surface area (Å²) in [7, 11) is 0. The molecule has 0 atom stereocenters. The Morgan fingerprint density at radius 2 is 1.88 bits per heavy atom. The van der Waals surface area contributed by atoms with Crippen molar-refractivity contribution in [3.63, 3.8) is 0 Å². The van der Waals surface area contributed by atoms with E-state index >= 15 is 0 Å². The van der Waals surface area contributed by atoms with Crippen LogP contribution >= 0.6 is 11.3 Å². The van der Waals surface area contributed by atoms with Gasteiger partial charge in [0, 0.05) is 10.6 Å². The van der Waals surface area contributed by atoms with E-state index in [1.54, 1.807) is 12.1 Å². The number of carboxylic acid groups (broad SMARTS) is 1. The molecule has 0 unspecified atom stereocenters. The molecule has 0 saturated heterocycles. The fraction of sp³-hybridized carbons (Fsp3) is 0.133. The number of carbonyl (C=O) groups is 3. The molecule has 1 aromatic heterocycles. The number of hydrogen-bond acceptors (Lipinski definition) is 4. The maximum atomic E-state index is 11.8. The lowest BCUT2D eigenvalue weighted by Gasteiger charge is -2.18. The van der Waals surface area contributed by atoms with E-state index in [2.05, 4.69) is 10.6 Å². The molecule has 9 heteroatoms. The minimum atomic E-state index is -1.16. The molecule has 0 aliphatic heterocycles. The second kappa shape index (κ2) is 5.85. The lowest BCUT2D eigenvalue weighted by molar-refractivity contribution is 0.100. The summed E-state index contributed by atoms with van der Waals surface area (Å²) in [6.07, 6.45) is 0.123. The number of aryl methyl sites for hydroxylation is 1. The van der Waals surface area contributed by atoms with Crippen LogP contribution in [-0.2, 0) is 12.8 Å². The summed E-state index contributed by atoms with van der Waals surface area (Å²) in [4.78, 5) is 34.6. The summed E-state index contributed by atoms with van der Waals surface area (Å²) in [5.41, 5.74) is 13.9. The highest BCUT2D eigenvalue weighted by Gasteiger charge is 2.27. The van der Waals surface area contributed by atoms with Gasteiger partial charge in [-0.25, -0.2) is 9.59 Å². The summed E-state index contributed by atoms with van der Waals surface area (Å²) >= 11 is 1.20. The molecule has 2 aromatic rings. The third kappa shape index (κ3) is 2.76. The number of primary amides is 2. The third-order valence-corrected chi connectivity index (χ3v) is 4.92. The van der Waals surface area contributed by atoms with Crippen LogP contribution in [-0.4, -0.2) is 23.1 Å². The highest BCUT2D eigenvalue weighted by Crippen LogP contribution is 2.45. The van der Waals surface area contributed by atoms with E-state index in [1.807, 2.05) is 6.07 Å². The number of thiophene rings is 1. The zero-order chi connectivity index (χ0) is 17.4. The van der Waals surface area contributed by atoms with E-state index in [0.29, 0.717) is 23.5 Å². The van der Waals surface area contributed by atoms with E-state index < -0.39 is 18.0 Å². The fourth-order valence-electron chi connectivity index (χ4n) is 2.85. The molecular weight excluding hydrogens is 332 g/mol. The SMILES string of the molecule is NC(=O)Nc1sc2c(c1C(N)=O)CCc1ccc(NC(=O)O)cc1-2. The number of amides is 4. The van der Waals surface area contributed by atoms with Crippen LogP contribution < -0.4 is 22.1 Å². The van der Waals surface area contributed by atoms with Crippen molar-refractivity contribution in [3.05, 3.63) is 34.9 Å². The summed E-state index contributed by atoms with van der Waals surface area (Å²) in [5.74, 6) is -0.639. The van der Waals surface area contributed by atoms with Gasteiger partial charge in [-0.1, -0.05) is 6.07 Å². The molecule has 1 aliphatic rings. The summed E-state index contributed by atoms with van der Waals surface area (Å²) in [6, 6.07) is 4.45. The highest BCUT2D eigenvalue weighted by molar-refractivity contribution is 7.20. The fourth-order valence-corrected chi connectivity index (χ4v) is 4.16. The maximum absolute atomic E-state index is 11.8. The van der Waals surface area contributed by atoms with Gasteiger partial charge in [0.15, 0.2) is 0 Å². The van der Waals surface area contributed by atoms with Crippen LogP contribution in [0.4, 0.5) is 20.3 Å². The number of nitrogens with one attached hydrogen (secondary N) is 2. The molecule has 7 N–H and O–H groups in total. The number of nitrogens with two attached hydrogens (primary N) is 2. The predicted molar refractivity (Wildman–Crippen MR) is 90.5 cm³/mol. The molecule has 3 rings (SSSR count). The number of rotatable bonds is 3. The van der Waals surface area contributed by atoms with Crippen LogP contribution in [0, 0.1) is 0 Å². The lowest BCUT2D eigenvalue weighted by atomic mass is 9.89. The molecule has 0 saturated carbocycles. The van der Waals surface area contributed by atoms with Crippen LogP contribution in [0.5, 0.6) is 0 Å². The Bertz CT molecular complexity index is 875. The van der Waals surface area contributed by atoms with Gasteiger partial charge < -0.3 is 16.6 Å². The molecule has 1 heterocycles. The number of fused-ring (bicyclic) bond motifs is 3. The molecule has 4 amide bonds. The Morgan fingerprint density at radius 1 is 1.12 bits per heavy atom. The first kappa shape index (κ1) is 15.8. The van der Waals surface area contributed by atoms with E-state index in [4.69, 9.17) is 16.6 Å². The molecule has 0 bridgehead atoms. The van der Waals surface area contributed by atoms with Crippen LogP contribution in [0.3, 0.4) is 0 Å². The van der Waals surface area contributed by atoms with E-state index in [9.17, 15) is 14.4 Å². The zero-order valence-corrected chi connectivity index (χ0v) is 13.2. The molecule has 8 nitrogen and oxygen atoms in total. The van der Waals surface area contributed by atoms with Crippen LogP contribution in [0.15, 0.2) is 18.2 Å². The number of carbonyl (C=O) groups excluding carboxylic acids is 2. The van der Waals surface area contributed by atoms with Crippen molar-refractivity contribution in [3.8, 4) is 10.4 Å². The van der Waals surface area contributed by atoms with Gasteiger partial charge in [-0.05, 0) is 41.7 Å². The largest absolute Gasteiger partial charge is 0.465 e. The lowest BCUT2D eigenvalue weighted by Crippen LogP contribution is -2.22. The number of benzene rings is 1. The van der Waals surface area contributed by atoms with E-state index in [0.717, 1.165) is 21.6 Å². The average Bonchev–Trinajstić information content (AvgIpc) is 2.84. The first-order valence-corrected chi connectivity index (χ1v) is 7.83. The summed E-state index contributed by atoms with van der Waals surface area (Å²) in [6.45, 7) is 0. The van der Waals surface area contributed by atoms with Gasteiger partial charge in [-0.15, -0.1) is 11.3 Å². The highest BCUT2D eigenvalue weighted by atomic mass is 32.1. The Labute approximate surface area is 140 Å². The van der Waals surface area contributed by atoms with Gasteiger partial charge in [0.25, 0.3) is 5.91 Å². The zero-order valence-electron chi connectivity index (χ0n) is 12.4. The number of hydrogen-bond donors (Lipinski definition) is 5. The smallest absolute Gasteiger partial charge is 0.409 e. The Hall–Kier alpha value is -3.07. The second-order valence-corrected chi connectivity index (χ2v) is 6.29. The van der Waals surface area contributed by atoms with Crippen molar-refractivity contribution in [2.24, 2.45) is 11.5 Å². The molecule has 0 radical (unpaired) electrons. The van der Waals surface area contributed by atoms with Crippen molar-refractivity contribution < 1.29 is 19.5 Å². The summed E-state index contributed by atoms with van der Waals surface area (Å²) < 4.78 is 0. The molecule has 24 heavy (non-hydrogen) atoms. The predicted octanol–water partition coefficient (Wildman–Crippen LogP) is 2.19. The van der Waals surface area contributed by atoms with Crippen molar-refractivity contribution in [2.45, 2.75) is 12.8 Å². The van der Waals surface area contributed by atoms with Gasteiger partial charge in [0.05, 0.1) is 5.56 Å². The normalized spacial score (nSPS) is 12.0. The Kier molecular flexibility index (Phi) is 3.86. The van der Waals surface area contributed by atoms with Gasteiger partial charge >= 0.3 is 12.1 Å². The molecule has 0 fully saturated rings. The van der Waals surface area contributed by atoms with E-state index in [1.165, 1.54) is 11.3 Å². The van der Waals surface area contributed by atoms with Gasteiger partial charge in [-0.3, -0.25) is 15.4 Å². The van der Waals surface area contributed by atoms with Crippen molar-refractivity contribution in [1.82, 2.24) is 0 Å². The van der Waals surface area contributed by atoms with Crippen molar-refractivity contribution >= 4 is 40.1 Å². The first-order chi connectivity index (χ1) is 11.4. The minimum absolute atomic E-state index is 0.260.